The Kier molecular flexibility index (Phi) is 23.5. The van der Waals surface area contributed by atoms with Crippen molar-refractivity contribution in [1.82, 2.24) is 39.1 Å². The van der Waals surface area contributed by atoms with Gasteiger partial charge in [0.2, 0.25) is 0 Å². The molecule has 20 heteroatoms. The minimum Gasteiger partial charge on any atom is -0.390 e. The molecule has 4 aromatic heterocycles. The van der Waals surface area contributed by atoms with Crippen LogP contribution in [0.5, 0.6) is 0 Å². The quantitative estimate of drug-likeness (QED) is 0.0717. The van der Waals surface area contributed by atoms with Crippen LogP contribution in [-0.4, -0.2) is 110 Å². The Balaban J connectivity index is 0.000000113. The fraction of sp³-hybridized carbons (Fsp3) is 0.837. The number of halogens is 1. The number of carbonyl (C=O) groups excluding carboxylic acids is 4. The Morgan fingerprint density at radius 1 is 0.347 bits per heavy atom. The number of aryl methyl sites for hydroxylation is 2. The summed E-state index contributed by atoms with van der Waals surface area (Å²) < 4.78 is 6.80. The summed E-state index contributed by atoms with van der Waals surface area (Å²) in [7, 11) is 0. The van der Waals surface area contributed by atoms with Crippen molar-refractivity contribution in [2.75, 3.05) is 0 Å². The average molecular weight is 1650 g/mol. The van der Waals surface area contributed by atoms with Gasteiger partial charge < -0.3 is 20.4 Å². The zero-order chi connectivity index (χ0) is 83.1. The minimum absolute atomic E-state index is 0.0338. The van der Waals surface area contributed by atoms with Crippen molar-refractivity contribution >= 4 is 40.4 Å². The van der Waals surface area contributed by atoms with E-state index in [4.69, 9.17) is 11.6 Å². The second kappa shape index (κ2) is 32.5. The van der Waals surface area contributed by atoms with Crippen LogP contribution in [0.25, 0.3) is 0 Å². The number of rotatable bonds is 13. The van der Waals surface area contributed by atoms with Gasteiger partial charge in [0.25, 0.3) is 0 Å². The average Bonchev–Trinajstić information content (AvgIpc) is 1.51. The van der Waals surface area contributed by atoms with Gasteiger partial charge in [-0.05, 0) is 424 Å². The van der Waals surface area contributed by atoms with E-state index in [1.807, 2.05) is 75.7 Å². The molecule has 4 N–H and O–H groups in total. The largest absolute Gasteiger partial charge is 0.390 e. The molecule has 118 heavy (non-hydrogen) atoms. The highest BCUT2D eigenvalue weighted by Gasteiger charge is 2.64. The zero-order valence-electron chi connectivity index (χ0n) is 73.4. The minimum atomic E-state index is -0.483. The van der Waals surface area contributed by atoms with Crippen LogP contribution < -0.4 is 0 Å². The van der Waals surface area contributed by atoms with Crippen molar-refractivity contribution < 1.29 is 44.5 Å². The number of aliphatic hydroxyl groups is 4. The third-order valence-corrected chi connectivity index (χ3v) is 38.9. The summed E-state index contributed by atoms with van der Waals surface area (Å²) in [4.78, 5) is 63.4. The summed E-state index contributed by atoms with van der Waals surface area (Å²) in [6.07, 6.45) is 55.2. The van der Waals surface area contributed by atoms with E-state index in [9.17, 15) is 49.7 Å². The van der Waals surface area contributed by atoms with Gasteiger partial charge in [0, 0.05) is 42.3 Å². The summed E-state index contributed by atoms with van der Waals surface area (Å²) >= 11 is 5.98. The molecule has 0 aliphatic heterocycles. The molecule has 16 fully saturated rings. The first-order valence-electron chi connectivity index (χ1n) is 47.8. The summed E-state index contributed by atoms with van der Waals surface area (Å²) in [6.45, 7) is 23.2. The molecule has 16 aliphatic rings. The topological polar surface area (TPSA) is 264 Å². The number of Topliss-reactive ketones (excluding diaryl/α,β-unsaturated/α-hetero) is 4. The Morgan fingerprint density at radius 3 is 0.847 bits per heavy atom. The molecular weight excluding hydrogens is 1500 g/mol. The van der Waals surface area contributed by atoms with Gasteiger partial charge >= 0.3 is 5.69 Å². The number of nitrogens with zero attached hydrogens (tertiary/aromatic N) is 9. The van der Waals surface area contributed by atoms with Gasteiger partial charge in [-0.1, -0.05) is 39.3 Å². The van der Waals surface area contributed by atoms with Gasteiger partial charge in [0.05, 0.1) is 70.6 Å². The molecule has 0 amide bonds. The number of aromatic nitrogens is 8. The van der Waals surface area contributed by atoms with Gasteiger partial charge in [-0.3, -0.25) is 48.0 Å². The molecule has 0 spiro atoms. The van der Waals surface area contributed by atoms with Crippen molar-refractivity contribution in [1.29, 1.82) is 0 Å². The first kappa shape index (κ1) is 85.2. The van der Waals surface area contributed by atoms with E-state index in [2.05, 4.69) is 48.1 Å². The standard InChI is InChI=1S/2C25H38N2O2.C24H35ClN2O2.C24H35N3O4/c2*1-16-13-26-27(14-16)15-23(28)22-7-6-21-20-5-4-17-12-24(2,29)10-8-18(17)19(20)9-11-25(21,22)3;1-23(29)9-7-17-15(11-23)3-4-19-18(17)8-10-24(2)20(19)5-6-21(24)22(28)14-27-13-16(25)12-26-27;1-23(29)9-7-17-15(11-23)3-4-19-18(17)8-10-24(2)20(19)5-6-21(24)22(28)14-26-13-16(12-25-26)27(30)31/h2*13-14,17-22,29H,4-12,15H2,1-3H3;12-13,15,17-21,29H,3-11,14H2,1-2H3;12-13,15,17-21,29H,3-11,14H2,1-2H3/t2*17-,18-,19+,20+,21-,22+,24+,25-;2*15-,17-,18+,19+,20-,21+,23+,24-/m0000/s1. The summed E-state index contributed by atoms with van der Waals surface area (Å²) in [5.41, 5.74) is 0.954. The van der Waals surface area contributed by atoms with Crippen LogP contribution in [0.1, 0.15) is 298 Å². The Morgan fingerprint density at radius 2 is 0.602 bits per heavy atom. The molecule has 16 saturated carbocycles. The number of carbonyl (C=O) groups is 4. The van der Waals surface area contributed by atoms with E-state index in [1.54, 1.807) is 17.1 Å². The Labute approximate surface area is 708 Å². The van der Waals surface area contributed by atoms with E-state index in [1.165, 1.54) is 152 Å². The number of nitro groups is 1. The van der Waals surface area contributed by atoms with Crippen molar-refractivity contribution in [2.24, 2.45) is 164 Å². The van der Waals surface area contributed by atoms with Gasteiger partial charge in [-0.2, -0.15) is 20.4 Å². The second-order valence-corrected chi connectivity index (χ2v) is 46.1. The second-order valence-electron chi connectivity index (χ2n) is 45.7. The maximum Gasteiger partial charge on any atom is 0.307 e. The van der Waals surface area contributed by atoms with Crippen molar-refractivity contribution in [3.63, 3.8) is 0 Å². The SMILES string of the molecule is C[C@@]1(O)CC[C@H]2[C@@H](CC[C@@H]3[C@@H]2CC[C@]2(C)[C@@H](C(=O)Cn4cc(Cl)cn4)CC[C@@H]32)C1.C[C@@]1(O)CC[C@H]2[C@@H](CC[C@@H]3[C@@H]2CC[C@]2(C)[C@@H](C(=O)Cn4cc([N+](=O)[O-])cn4)CC[C@@H]32)C1.Cc1cnn(CC(=O)[C@H]2CC[C@H]3[C@@H]4CC[C@H]5C[C@](C)(O)CC[C@@H]5[C@H]4CC[C@]23C)c1.Cc1cnn(CC(=O)[C@H]2CC[C@H]3[C@@H]4CC[C@H]5C[C@](C)(O)CC[C@@H]5[C@H]4CC[C@]23C)c1. The number of ketones is 4. The molecule has 32 atom stereocenters. The molecule has 4 aromatic rings. The lowest BCUT2D eigenvalue weighted by Crippen LogP contribution is -2.51. The number of hydrogen-bond donors (Lipinski definition) is 4. The molecule has 16 aliphatic carbocycles. The van der Waals surface area contributed by atoms with E-state index in [0.29, 0.717) is 71.6 Å². The lowest BCUT2D eigenvalue weighted by atomic mass is 9.49. The van der Waals surface area contributed by atoms with Crippen molar-refractivity contribution in [3.8, 4) is 0 Å². The van der Waals surface area contributed by atoms with Crippen molar-refractivity contribution in [3.05, 3.63) is 75.8 Å². The van der Waals surface area contributed by atoms with Crippen LogP contribution in [0.15, 0.2) is 49.6 Å². The normalized spacial score (nSPS) is 46.0. The Hall–Kier alpha value is -4.95. The van der Waals surface area contributed by atoms with Gasteiger partial charge in [0.15, 0.2) is 23.1 Å². The van der Waals surface area contributed by atoms with Gasteiger partial charge in [0.1, 0.15) is 18.9 Å². The predicted molar refractivity (Wildman–Crippen MR) is 455 cm³/mol. The molecule has 19 nitrogen and oxygen atoms in total. The van der Waals surface area contributed by atoms with E-state index >= 15 is 0 Å². The molecule has 0 aromatic carbocycles. The van der Waals surface area contributed by atoms with Gasteiger partial charge in [-0.15, -0.1) is 0 Å². The van der Waals surface area contributed by atoms with E-state index < -0.39 is 27.3 Å². The lowest BCUT2D eigenvalue weighted by Gasteiger charge is -2.56. The lowest BCUT2D eigenvalue weighted by molar-refractivity contribution is -0.385. The third kappa shape index (κ3) is 16.3. The van der Waals surface area contributed by atoms with E-state index in [0.717, 1.165) is 196 Å². The van der Waals surface area contributed by atoms with Crippen LogP contribution in [0.3, 0.4) is 0 Å². The maximum atomic E-state index is 13.3. The van der Waals surface area contributed by atoms with Crippen LogP contribution in [0.4, 0.5) is 5.69 Å². The molecule has 20 rings (SSSR count). The highest BCUT2D eigenvalue weighted by molar-refractivity contribution is 6.30. The molecule has 0 bridgehead atoms. The molecule has 0 unspecified atom stereocenters. The summed E-state index contributed by atoms with van der Waals surface area (Å²) in [5.74, 6) is 17.1. The monoisotopic (exact) mass is 1640 g/mol. The fourth-order valence-electron chi connectivity index (χ4n) is 33.6. The highest BCUT2D eigenvalue weighted by Crippen LogP contribution is 2.70. The summed E-state index contributed by atoms with van der Waals surface area (Å²) in [6, 6.07) is 0. The highest BCUT2D eigenvalue weighted by atomic mass is 35.5. The third-order valence-electron chi connectivity index (χ3n) is 38.7. The number of fused-ring (bicyclic) bond motifs is 20. The molecule has 0 saturated heterocycles. The predicted octanol–water partition coefficient (Wildman–Crippen LogP) is 19.1. The molecular formula is C98H146ClN9O10. The zero-order valence-corrected chi connectivity index (χ0v) is 74.2. The molecule has 4 heterocycles. The Bertz CT molecular complexity index is 4000. The van der Waals surface area contributed by atoms with Crippen LogP contribution >= 0.6 is 11.6 Å². The first-order chi connectivity index (χ1) is 56.0. The smallest absolute Gasteiger partial charge is 0.307 e. The van der Waals surface area contributed by atoms with E-state index in [-0.39, 0.29) is 63.3 Å². The first-order valence-corrected chi connectivity index (χ1v) is 48.2. The number of hydrogen-bond acceptors (Lipinski definition) is 14. The fourth-order valence-corrected chi connectivity index (χ4v) is 33.7. The van der Waals surface area contributed by atoms with Crippen LogP contribution in [0, 0.1) is 188 Å². The molecule has 0 radical (unpaired) electrons. The van der Waals surface area contributed by atoms with Crippen LogP contribution in [-0.2, 0) is 45.4 Å². The summed E-state index contributed by atoms with van der Waals surface area (Å²) in [5, 5.41) is 70.8. The maximum absolute atomic E-state index is 13.3. The van der Waals surface area contributed by atoms with Crippen LogP contribution in [0.2, 0.25) is 5.02 Å². The molecule has 650 valence electrons. The van der Waals surface area contributed by atoms with Gasteiger partial charge in [-0.25, -0.2) is 0 Å². The van der Waals surface area contributed by atoms with Crippen molar-refractivity contribution in [2.45, 2.75) is 349 Å².